The molecule has 11 nitrogen and oxygen atoms in total. The fourth-order valence-electron chi connectivity index (χ4n) is 7.91. The number of rotatable bonds is 13. The number of nitrogens with one attached hydrogen (secondary N) is 2. The molecule has 4 aromatic rings. The van der Waals surface area contributed by atoms with Crippen LogP contribution in [-0.4, -0.2) is 94.8 Å². The van der Waals surface area contributed by atoms with Gasteiger partial charge in [-0.2, -0.15) is 0 Å². The second-order valence-electron chi connectivity index (χ2n) is 14.8. The van der Waals surface area contributed by atoms with E-state index in [1.807, 2.05) is 42.5 Å². The van der Waals surface area contributed by atoms with Gasteiger partial charge in [0, 0.05) is 57.3 Å². The Balaban J connectivity index is 0.870. The first-order valence-corrected chi connectivity index (χ1v) is 19.5. The molecule has 56 heavy (non-hydrogen) atoms. The Kier molecular flexibility index (Phi) is 11.9. The summed E-state index contributed by atoms with van der Waals surface area (Å²) >= 11 is 0. The summed E-state index contributed by atoms with van der Waals surface area (Å²) in [6.07, 6.45) is 1.39. The van der Waals surface area contributed by atoms with Gasteiger partial charge in [-0.25, -0.2) is 0 Å². The second kappa shape index (κ2) is 17.3. The number of hydrogen-bond donors (Lipinski definition) is 3. The highest BCUT2D eigenvalue weighted by Gasteiger charge is 2.39. The molecule has 290 valence electrons. The van der Waals surface area contributed by atoms with E-state index < -0.39 is 11.9 Å². The molecule has 3 N–H and O–H groups in total. The predicted molar refractivity (Wildman–Crippen MR) is 215 cm³/mol. The van der Waals surface area contributed by atoms with Gasteiger partial charge in [-0.3, -0.25) is 34.3 Å². The van der Waals surface area contributed by atoms with Crippen LogP contribution in [0.15, 0.2) is 97.1 Å². The fourth-order valence-corrected chi connectivity index (χ4v) is 7.91. The molecule has 0 aliphatic carbocycles. The number of fused-ring (bicyclic) bond motifs is 1. The molecular weight excluding hydrogens is 707 g/mol. The Morgan fingerprint density at radius 3 is 2.27 bits per heavy atom. The number of aromatic hydroxyl groups is 1. The number of carbonyl (C=O) groups excluding carboxylic acids is 4. The third-order valence-electron chi connectivity index (χ3n) is 11.0. The maximum absolute atomic E-state index is 13.0. The molecule has 7 rings (SSSR count). The molecule has 3 heterocycles. The number of allylic oxidation sites excluding steroid dienone is 1. The number of piperazine rings is 1. The van der Waals surface area contributed by atoms with Crippen molar-refractivity contribution in [3.05, 3.63) is 130 Å². The molecule has 2 saturated heterocycles. The standard InChI is InChI=1S/C45H49N5O6/c1-3-38(32-7-5-4-6-8-32)43(33-10-14-36(51)15-11-33)34-12-16-37(17-13-34)56-29-30(2)49-23-21-48(22-24-49)28-42(53)46-26-31-9-18-39-35(25-31)27-50(45(39)55)40-19-20-41(52)47-44(40)54/h4-18,25,30,40,51H,3,19-24,26-29H2,1-2H3,(H,46,53)(H,47,52,54)/b43-38-. The van der Waals surface area contributed by atoms with E-state index in [0.29, 0.717) is 38.2 Å². The summed E-state index contributed by atoms with van der Waals surface area (Å²) in [7, 11) is 0. The van der Waals surface area contributed by atoms with Crippen LogP contribution in [0.1, 0.15) is 71.3 Å². The monoisotopic (exact) mass is 755 g/mol. The molecule has 3 aliphatic rings. The maximum Gasteiger partial charge on any atom is 0.255 e. The summed E-state index contributed by atoms with van der Waals surface area (Å²) in [5.41, 5.74) is 7.92. The first kappa shape index (κ1) is 38.5. The fraction of sp³-hybridized carbons (Fsp3) is 0.333. The number of benzene rings is 4. The van der Waals surface area contributed by atoms with E-state index in [1.54, 1.807) is 18.2 Å². The minimum Gasteiger partial charge on any atom is -0.508 e. The van der Waals surface area contributed by atoms with E-state index in [9.17, 15) is 24.3 Å². The number of piperidine rings is 1. The molecule has 0 bridgehead atoms. The summed E-state index contributed by atoms with van der Waals surface area (Å²) in [6, 6.07) is 31.1. The summed E-state index contributed by atoms with van der Waals surface area (Å²) in [5, 5.41) is 15.3. The first-order chi connectivity index (χ1) is 27.2. The highest BCUT2D eigenvalue weighted by atomic mass is 16.5. The van der Waals surface area contributed by atoms with Crippen LogP contribution >= 0.6 is 0 Å². The van der Waals surface area contributed by atoms with Crippen molar-refractivity contribution in [2.45, 2.75) is 58.3 Å². The van der Waals surface area contributed by atoms with Crippen LogP contribution in [0, 0.1) is 0 Å². The summed E-state index contributed by atoms with van der Waals surface area (Å²) in [5.74, 6) is 0.0370. The number of amides is 4. The minimum atomic E-state index is -0.653. The number of ether oxygens (including phenoxy) is 1. The van der Waals surface area contributed by atoms with Crippen molar-refractivity contribution in [1.82, 2.24) is 25.3 Å². The average Bonchev–Trinajstić information content (AvgIpc) is 3.54. The number of imide groups is 1. The lowest BCUT2D eigenvalue weighted by Gasteiger charge is -2.37. The van der Waals surface area contributed by atoms with E-state index in [0.717, 1.165) is 66.2 Å². The van der Waals surface area contributed by atoms with Crippen LogP contribution in [0.2, 0.25) is 0 Å². The van der Waals surface area contributed by atoms with Gasteiger partial charge in [0.05, 0.1) is 6.54 Å². The van der Waals surface area contributed by atoms with Crippen LogP contribution in [0.3, 0.4) is 0 Å². The number of hydrogen-bond acceptors (Lipinski definition) is 8. The summed E-state index contributed by atoms with van der Waals surface area (Å²) < 4.78 is 6.27. The Labute approximate surface area is 327 Å². The summed E-state index contributed by atoms with van der Waals surface area (Å²) in [6.45, 7) is 9.05. The van der Waals surface area contributed by atoms with Crippen molar-refractivity contribution in [3.8, 4) is 11.5 Å². The number of phenolic OH excluding ortho intramolecular Hbond substituents is 1. The van der Waals surface area contributed by atoms with Gasteiger partial charge < -0.3 is 20.1 Å². The van der Waals surface area contributed by atoms with E-state index >= 15 is 0 Å². The molecule has 0 radical (unpaired) electrons. The van der Waals surface area contributed by atoms with Gasteiger partial charge in [-0.15, -0.1) is 0 Å². The van der Waals surface area contributed by atoms with Crippen LogP contribution in [-0.2, 0) is 27.5 Å². The Hall–Kier alpha value is -5.78. The van der Waals surface area contributed by atoms with Gasteiger partial charge in [0.2, 0.25) is 17.7 Å². The van der Waals surface area contributed by atoms with E-state index in [-0.39, 0.29) is 35.9 Å². The molecule has 2 fully saturated rings. The van der Waals surface area contributed by atoms with Crippen molar-refractivity contribution in [3.63, 3.8) is 0 Å². The first-order valence-electron chi connectivity index (χ1n) is 19.5. The maximum atomic E-state index is 13.0. The lowest BCUT2D eigenvalue weighted by Crippen LogP contribution is -2.52. The lowest BCUT2D eigenvalue weighted by atomic mass is 9.88. The number of nitrogens with zero attached hydrogens (tertiary/aromatic N) is 3. The average molecular weight is 756 g/mol. The Morgan fingerprint density at radius 2 is 1.59 bits per heavy atom. The SMILES string of the molecule is CC/C(=C(\c1ccc(O)cc1)c1ccc(OCC(C)N2CCN(CC(=O)NCc3ccc4c(c3)CN(C3CCC(=O)NC3=O)C4=O)CC2)cc1)c1ccccc1. The second-order valence-corrected chi connectivity index (χ2v) is 14.8. The zero-order chi connectivity index (χ0) is 39.2. The third-order valence-corrected chi connectivity index (χ3v) is 11.0. The normalized spacial score (nSPS) is 18.6. The van der Waals surface area contributed by atoms with E-state index in [4.69, 9.17) is 4.74 Å². The predicted octanol–water partition coefficient (Wildman–Crippen LogP) is 5.22. The van der Waals surface area contributed by atoms with E-state index in [2.05, 4.69) is 70.7 Å². The molecule has 3 aliphatic heterocycles. The van der Waals surface area contributed by atoms with Crippen molar-refractivity contribution in [2.24, 2.45) is 0 Å². The molecular formula is C45H49N5O6. The van der Waals surface area contributed by atoms with Gasteiger partial charge in [0.25, 0.3) is 5.91 Å². The highest BCUT2D eigenvalue weighted by molar-refractivity contribution is 6.05. The highest BCUT2D eigenvalue weighted by Crippen LogP contribution is 2.36. The number of phenols is 1. The van der Waals surface area contributed by atoms with Gasteiger partial charge in [0.15, 0.2) is 0 Å². The molecule has 11 heteroatoms. The minimum absolute atomic E-state index is 0.0572. The van der Waals surface area contributed by atoms with Crippen LogP contribution in [0.4, 0.5) is 0 Å². The van der Waals surface area contributed by atoms with Gasteiger partial charge in [0.1, 0.15) is 24.1 Å². The lowest BCUT2D eigenvalue weighted by molar-refractivity contribution is -0.137. The van der Waals surface area contributed by atoms with Gasteiger partial charge in [-0.1, -0.05) is 73.7 Å². The largest absolute Gasteiger partial charge is 0.508 e. The van der Waals surface area contributed by atoms with Crippen LogP contribution < -0.4 is 15.4 Å². The molecule has 0 spiro atoms. The Bertz CT molecular complexity index is 2090. The molecule has 0 aromatic heterocycles. The van der Waals surface area contributed by atoms with E-state index in [1.165, 1.54) is 16.0 Å². The van der Waals surface area contributed by atoms with Gasteiger partial charge in [-0.05, 0) is 89.1 Å². The van der Waals surface area contributed by atoms with Crippen molar-refractivity contribution in [1.29, 1.82) is 0 Å². The molecule has 4 amide bonds. The molecule has 0 saturated carbocycles. The third kappa shape index (κ3) is 8.85. The van der Waals surface area contributed by atoms with Gasteiger partial charge >= 0.3 is 0 Å². The van der Waals surface area contributed by atoms with Crippen LogP contribution in [0.25, 0.3) is 11.1 Å². The van der Waals surface area contributed by atoms with Crippen LogP contribution in [0.5, 0.6) is 11.5 Å². The number of carbonyl (C=O) groups is 4. The zero-order valence-electron chi connectivity index (χ0n) is 32.0. The van der Waals surface area contributed by atoms with Crippen molar-refractivity contribution >= 4 is 34.8 Å². The molecule has 4 aromatic carbocycles. The quantitative estimate of drug-likeness (QED) is 0.125. The molecule has 2 atom stereocenters. The summed E-state index contributed by atoms with van der Waals surface area (Å²) in [4.78, 5) is 55.9. The smallest absolute Gasteiger partial charge is 0.255 e. The van der Waals surface area contributed by atoms with Crippen molar-refractivity contribution in [2.75, 3.05) is 39.3 Å². The zero-order valence-corrected chi connectivity index (χ0v) is 32.0. The van der Waals surface area contributed by atoms with Crippen molar-refractivity contribution < 1.29 is 29.0 Å². The Morgan fingerprint density at radius 1 is 0.893 bits per heavy atom. The topological polar surface area (TPSA) is 132 Å². The molecule has 2 unspecified atom stereocenters.